The minimum absolute atomic E-state index is 0.665. The lowest BCUT2D eigenvalue weighted by atomic mass is 9.98. The number of hydrogen-bond donors (Lipinski definition) is 1. The Hall–Kier alpha value is -1.06. The van der Waals surface area contributed by atoms with E-state index in [1.54, 1.807) is 0 Å². The Morgan fingerprint density at radius 3 is 3.00 bits per heavy atom. The SMILES string of the molecule is CCOc1ccccc1CN1CCCC(CN)C1. The molecule has 1 fully saturated rings. The summed E-state index contributed by atoms with van der Waals surface area (Å²) in [5.41, 5.74) is 7.07. The Morgan fingerprint density at radius 1 is 1.39 bits per heavy atom. The lowest BCUT2D eigenvalue weighted by Crippen LogP contribution is -2.37. The average Bonchev–Trinajstić information content (AvgIpc) is 2.41. The number of likely N-dealkylation sites (tertiary alicyclic amines) is 1. The van der Waals surface area contributed by atoms with E-state index in [4.69, 9.17) is 10.5 Å². The zero-order valence-electron chi connectivity index (χ0n) is 11.3. The van der Waals surface area contributed by atoms with Crippen LogP contribution in [0.1, 0.15) is 25.3 Å². The van der Waals surface area contributed by atoms with E-state index in [0.29, 0.717) is 5.92 Å². The van der Waals surface area contributed by atoms with Crippen LogP contribution in [0.2, 0.25) is 0 Å². The normalized spacial score (nSPS) is 20.9. The smallest absolute Gasteiger partial charge is 0.123 e. The van der Waals surface area contributed by atoms with Crippen LogP contribution >= 0.6 is 0 Å². The zero-order chi connectivity index (χ0) is 12.8. The minimum atomic E-state index is 0.665. The number of hydrogen-bond acceptors (Lipinski definition) is 3. The first kappa shape index (κ1) is 13.4. The Kier molecular flexibility index (Phi) is 5.02. The molecule has 2 rings (SSSR count). The molecule has 18 heavy (non-hydrogen) atoms. The van der Waals surface area contributed by atoms with Gasteiger partial charge in [0.1, 0.15) is 5.75 Å². The molecular formula is C15H24N2O. The largest absolute Gasteiger partial charge is 0.494 e. The number of benzene rings is 1. The topological polar surface area (TPSA) is 38.5 Å². The van der Waals surface area contributed by atoms with Gasteiger partial charge in [0.25, 0.3) is 0 Å². The van der Waals surface area contributed by atoms with Crippen molar-refractivity contribution in [3.63, 3.8) is 0 Å². The summed E-state index contributed by atoms with van der Waals surface area (Å²) in [6.45, 7) is 6.84. The summed E-state index contributed by atoms with van der Waals surface area (Å²) in [4.78, 5) is 2.50. The summed E-state index contributed by atoms with van der Waals surface area (Å²) in [6.07, 6.45) is 2.54. The van der Waals surface area contributed by atoms with Gasteiger partial charge < -0.3 is 10.5 Å². The van der Waals surface area contributed by atoms with Crippen molar-refractivity contribution in [1.29, 1.82) is 0 Å². The van der Waals surface area contributed by atoms with E-state index >= 15 is 0 Å². The number of ether oxygens (including phenoxy) is 1. The molecule has 100 valence electrons. The molecule has 0 bridgehead atoms. The van der Waals surface area contributed by atoms with Crippen molar-refractivity contribution in [3.05, 3.63) is 29.8 Å². The molecule has 1 aliphatic heterocycles. The van der Waals surface area contributed by atoms with Gasteiger partial charge in [-0.3, -0.25) is 4.90 Å². The number of para-hydroxylation sites is 1. The highest BCUT2D eigenvalue weighted by Crippen LogP contribution is 2.23. The van der Waals surface area contributed by atoms with E-state index in [1.807, 2.05) is 13.0 Å². The van der Waals surface area contributed by atoms with E-state index in [-0.39, 0.29) is 0 Å². The third-order valence-electron chi connectivity index (χ3n) is 3.60. The number of piperidine rings is 1. The van der Waals surface area contributed by atoms with E-state index in [0.717, 1.165) is 32.0 Å². The van der Waals surface area contributed by atoms with Gasteiger partial charge in [0, 0.05) is 18.7 Å². The summed E-state index contributed by atoms with van der Waals surface area (Å²) in [5.74, 6) is 1.69. The monoisotopic (exact) mass is 248 g/mol. The number of nitrogens with zero attached hydrogens (tertiary/aromatic N) is 1. The second-order valence-electron chi connectivity index (χ2n) is 5.02. The highest BCUT2D eigenvalue weighted by molar-refractivity contribution is 5.33. The highest BCUT2D eigenvalue weighted by atomic mass is 16.5. The fraction of sp³-hybridized carbons (Fsp3) is 0.600. The Bertz CT molecular complexity index is 367. The van der Waals surface area contributed by atoms with Crippen LogP contribution in [0.4, 0.5) is 0 Å². The van der Waals surface area contributed by atoms with Gasteiger partial charge in [-0.05, 0) is 44.8 Å². The third-order valence-corrected chi connectivity index (χ3v) is 3.60. The lowest BCUT2D eigenvalue weighted by molar-refractivity contribution is 0.169. The van der Waals surface area contributed by atoms with Crippen molar-refractivity contribution in [2.45, 2.75) is 26.3 Å². The molecular weight excluding hydrogens is 224 g/mol. The maximum absolute atomic E-state index is 5.79. The molecule has 0 amide bonds. The van der Waals surface area contributed by atoms with Gasteiger partial charge in [0.2, 0.25) is 0 Å². The van der Waals surface area contributed by atoms with E-state index in [9.17, 15) is 0 Å². The summed E-state index contributed by atoms with van der Waals surface area (Å²) < 4.78 is 5.68. The number of nitrogens with two attached hydrogens (primary N) is 1. The molecule has 1 aliphatic rings. The lowest BCUT2D eigenvalue weighted by Gasteiger charge is -2.32. The number of rotatable bonds is 5. The van der Waals surface area contributed by atoms with Crippen molar-refractivity contribution in [2.75, 3.05) is 26.2 Å². The highest BCUT2D eigenvalue weighted by Gasteiger charge is 2.19. The summed E-state index contributed by atoms with van der Waals surface area (Å²) in [6, 6.07) is 8.34. The van der Waals surface area contributed by atoms with E-state index in [2.05, 4.69) is 23.1 Å². The maximum atomic E-state index is 5.79. The molecule has 0 radical (unpaired) electrons. The van der Waals surface area contributed by atoms with Crippen LogP contribution in [0.25, 0.3) is 0 Å². The van der Waals surface area contributed by atoms with Crippen LogP contribution in [-0.2, 0) is 6.54 Å². The van der Waals surface area contributed by atoms with Crippen molar-refractivity contribution in [1.82, 2.24) is 4.90 Å². The minimum Gasteiger partial charge on any atom is -0.494 e. The molecule has 0 aliphatic carbocycles. The second-order valence-corrected chi connectivity index (χ2v) is 5.02. The van der Waals surface area contributed by atoms with Crippen molar-refractivity contribution >= 4 is 0 Å². The molecule has 1 unspecified atom stereocenters. The van der Waals surface area contributed by atoms with Crippen molar-refractivity contribution < 1.29 is 4.74 Å². The molecule has 0 spiro atoms. The van der Waals surface area contributed by atoms with Gasteiger partial charge in [-0.1, -0.05) is 18.2 Å². The fourth-order valence-corrected chi connectivity index (χ4v) is 2.66. The van der Waals surface area contributed by atoms with E-state index in [1.165, 1.54) is 24.9 Å². The van der Waals surface area contributed by atoms with Crippen molar-refractivity contribution in [2.24, 2.45) is 11.7 Å². The molecule has 1 aromatic carbocycles. The summed E-state index contributed by atoms with van der Waals surface area (Å²) in [5, 5.41) is 0. The van der Waals surface area contributed by atoms with E-state index < -0.39 is 0 Å². The van der Waals surface area contributed by atoms with Gasteiger partial charge in [-0.2, -0.15) is 0 Å². The van der Waals surface area contributed by atoms with Gasteiger partial charge in [0.05, 0.1) is 6.61 Å². The van der Waals surface area contributed by atoms with Gasteiger partial charge >= 0.3 is 0 Å². The predicted molar refractivity (Wildman–Crippen MR) is 74.7 cm³/mol. The average molecular weight is 248 g/mol. The summed E-state index contributed by atoms with van der Waals surface area (Å²) in [7, 11) is 0. The van der Waals surface area contributed by atoms with Gasteiger partial charge in [0.15, 0.2) is 0 Å². The first-order valence-electron chi connectivity index (χ1n) is 6.96. The van der Waals surface area contributed by atoms with Crippen LogP contribution in [0.3, 0.4) is 0 Å². The van der Waals surface area contributed by atoms with Crippen LogP contribution in [-0.4, -0.2) is 31.1 Å². The van der Waals surface area contributed by atoms with Crippen LogP contribution in [0.5, 0.6) is 5.75 Å². The third kappa shape index (κ3) is 3.47. The Balaban J connectivity index is 1.99. The van der Waals surface area contributed by atoms with Crippen LogP contribution in [0, 0.1) is 5.92 Å². The molecule has 0 aromatic heterocycles. The maximum Gasteiger partial charge on any atom is 0.123 e. The van der Waals surface area contributed by atoms with Crippen LogP contribution in [0.15, 0.2) is 24.3 Å². The van der Waals surface area contributed by atoms with Gasteiger partial charge in [-0.25, -0.2) is 0 Å². The molecule has 1 atom stereocenters. The van der Waals surface area contributed by atoms with Crippen LogP contribution < -0.4 is 10.5 Å². The molecule has 1 saturated heterocycles. The predicted octanol–water partition coefficient (Wildman–Crippen LogP) is 2.26. The first-order chi connectivity index (χ1) is 8.83. The standard InChI is InChI=1S/C15H24N2O/c1-2-18-15-8-4-3-7-14(15)12-17-9-5-6-13(10-16)11-17/h3-4,7-8,13H,2,5-6,9-12,16H2,1H3. The fourth-order valence-electron chi connectivity index (χ4n) is 2.66. The molecule has 0 saturated carbocycles. The second kappa shape index (κ2) is 6.76. The molecule has 1 aromatic rings. The van der Waals surface area contributed by atoms with Crippen molar-refractivity contribution in [3.8, 4) is 5.75 Å². The van der Waals surface area contributed by atoms with Gasteiger partial charge in [-0.15, -0.1) is 0 Å². The zero-order valence-corrected chi connectivity index (χ0v) is 11.3. The first-order valence-corrected chi connectivity index (χ1v) is 6.96. The molecule has 2 N–H and O–H groups in total. The quantitative estimate of drug-likeness (QED) is 0.868. The summed E-state index contributed by atoms with van der Waals surface area (Å²) >= 11 is 0. The molecule has 3 heteroatoms. The Morgan fingerprint density at radius 2 is 2.22 bits per heavy atom. The molecule has 1 heterocycles. The Labute approximate surface area is 110 Å². The molecule has 3 nitrogen and oxygen atoms in total.